The van der Waals surface area contributed by atoms with Gasteiger partial charge in [0.2, 0.25) is 5.91 Å². The topological polar surface area (TPSA) is 140 Å². The van der Waals surface area contributed by atoms with Gasteiger partial charge >= 0.3 is 0 Å². The molecule has 1 amide bonds. The second kappa shape index (κ2) is 10.2. The zero-order chi connectivity index (χ0) is 27.7. The van der Waals surface area contributed by atoms with Crippen molar-refractivity contribution in [1.82, 2.24) is 15.0 Å². The summed E-state index contributed by atoms with van der Waals surface area (Å²) in [5, 5.41) is 2.51. The number of nitrogens with zero attached hydrogens (tertiary/aromatic N) is 3. The van der Waals surface area contributed by atoms with Gasteiger partial charge in [-0.15, -0.1) is 0 Å². The number of aromatic nitrogens is 3. The average Bonchev–Trinajstić information content (AvgIpc) is 2.92. The molecule has 0 aliphatic rings. The highest BCUT2D eigenvalue weighted by Crippen LogP contribution is 2.32. The third kappa shape index (κ3) is 5.19. The molecule has 5 rings (SSSR count). The molecule has 196 valence electrons. The number of carbonyl (C=O) groups excluding carboxylic acids is 1. The van der Waals surface area contributed by atoms with Gasteiger partial charge in [-0.05, 0) is 48.5 Å². The Morgan fingerprint density at radius 2 is 1.67 bits per heavy atom. The summed E-state index contributed by atoms with van der Waals surface area (Å²) in [5.74, 6) is -2.82. The Kier molecular flexibility index (Phi) is 6.81. The maximum Gasteiger partial charge on any atom is 0.263 e. The molecule has 0 bridgehead atoms. The summed E-state index contributed by atoms with van der Waals surface area (Å²) in [5.41, 5.74) is 6.12. The Hall–Kier alpha value is -4.68. The summed E-state index contributed by atoms with van der Waals surface area (Å²) >= 11 is 5.99. The number of pyridine rings is 1. The van der Waals surface area contributed by atoms with Gasteiger partial charge in [-0.3, -0.25) is 9.52 Å². The van der Waals surface area contributed by atoms with E-state index in [4.69, 9.17) is 17.3 Å². The normalized spacial score (nSPS) is 11.4. The van der Waals surface area contributed by atoms with Crippen molar-refractivity contribution in [3.05, 3.63) is 101 Å². The van der Waals surface area contributed by atoms with Crippen LogP contribution in [0.25, 0.3) is 22.3 Å². The van der Waals surface area contributed by atoms with Gasteiger partial charge in [0, 0.05) is 11.1 Å². The number of sulfonamides is 1. The number of anilines is 3. The molecule has 0 radical (unpaired) electrons. The number of carbonyl (C=O) groups is 1. The third-order valence-electron chi connectivity index (χ3n) is 5.65. The van der Waals surface area contributed by atoms with E-state index >= 15 is 4.39 Å². The van der Waals surface area contributed by atoms with Crippen LogP contribution in [-0.4, -0.2) is 29.3 Å². The maximum atomic E-state index is 15.4. The van der Waals surface area contributed by atoms with Gasteiger partial charge in [-0.1, -0.05) is 35.9 Å². The molecule has 13 heteroatoms. The van der Waals surface area contributed by atoms with E-state index in [0.717, 1.165) is 12.1 Å². The highest BCUT2D eigenvalue weighted by atomic mass is 35.5. The fourth-order valence-electron chi connectivity index (χ4n) is 3.72. The number of amides is 1. The highest BCUT2D eigenvalue weighted by Gasteiger charge is 2.23. The Bertz CT molecular complexity index is 1850. The number of hydrogen-bond acceptors (Lipinski definition) is 7. The van der Waals surface area contributed by atoms with Gasteiger partial charge in [-0.25, -0.2) is 32.2 Å². The molecule has 39 heavy (non-hydrogen) atoms. The van der Waals surface area contributed by atoms with Crippen LogP contribution in [-0.2, 0) is 10.0 Å². The standard InChI is InChI=1S/C26H17ClF2N6O3S/c27-16-3-1-2-4-21(16)39(37,38)35-19-10-9-17(28)23(22(19)29)34-26-24-20(31-13-32-26)12-11-18(33-24)14-5-7-15(8-6-14)25(30)36/h1-13,35H,(H2,30,36)(H,31,32,34). The molecule has 0 unspecified atom stereocenters. The highest BCUT2D eigenvalue weighted by molar-refractivity contribution is 7.92. The first-order valence-electron chi connectivity index (χ1n) is 11.2. The van der Waals surface area contributed by atoms with Crippen molar-refractivity contribution in [3.63, 3.8) is 0 Å². The van der Waals surface area contributed by atoms with Crippen LogP contribution in [0.5, 0.6) is 0 Å². The van der Waals surface area contributed by atoms with Gasteiger partial charge in [0.15, 0.2) is 11.6 Å². The van der Waals surface area contributed by atoms with E-state index in [2.05, 4.69) is 25.0 Å². The van der Waals surface area contributed by atoms with Crippen LogP contribution >= 0.6 is 11.6 Å². The number of nitrogens with two attached hydrogens (primary N) is 1. The molecule has 9 nitrogen and oxygen atoms in total. The van der Waals surface area contributed by atoms with Gasteiger partial charge in [0.25, 0.3) is 10.0 Å². The second-order valence-electron chi connectivity index (χ2n) is 8.17. The summed E-state index contributed by atoms with van der Waals surface area (Å²) in [6.45, 7) is 0. The number of halogens is 3. The number of nitrogens with one attached hydrogen (secondary N) is 2. The first-order valence-corrected chi connectivity index (χ1v) is 13.0. The van der Waals surface area contributed by atoms with Crippen molar-refractivity contribution < 1.29 is 22.0 Å². The maximum absolute atomic E-state index is 15.4. The van der Waals surface area contributed by atoms with Crippen LogP contribution in [0, 0.1) is 11.6 Å². The van der Waals surface area contributed by atoms with Crippen molar-refractivity contribution in [3.8, 4) is 11.3 Å². The molecule has 4 N–H and O–H groups in total. The van der Waals surface area contributed by atoms with E-state index in [0.29, 0.717) is 22.3 Å². The Labute approximate surface area is 225 Å². The molecule has 5 aromatic rings. The predicted octanol–water partition coefficient (Wildman–Crippen LogP) is 5.27. The van der Waals surface area contributed by atoms with E-state index in [1.807, 2.05) is 0 Å². The Balaban J connectivity index is 1.52. The number of benzene rings is 3. The minimum atomic E-state index is -4.29. The largest absolute Gasteiger partial charge is 0.366 e. The molecular formula is C26H17ClF2N6O3S. The van der Waals surface area contributed by atoms with Crippen LogP contribution in [0.2, 0.25) is 5.02 Å². The third-order valence-corrected chi connectivity index (χ3v) is 7.52. The molecule has 2 heterocycles. The fourth-order valence-corrected chi connectivity index (χ4v) is 5.30. The molecule has 0 saturated heterocycles. The number of rotatable bonds is 7. The number of fused-ring (bicyclic) bond motifs is 1. The lowest BCUT2D eigenvalue weighted by Gasteiger charge is -2.14. The SMILES string of the molecule is NC(=O)c1ccc(-c2ccc3ncnc(Nc4c(F)ccc(NS(=O)(=O)c5ccccc5Cl)c4F)c3n2)cc1. The molecular weight excluding hydrogens is 550 g/mol. The molecule has 0 atom stereocenters. The zero-order valence-electron chi connectivity index (χ0n) is 19.7. The van der Waals surface area contributed by atoms with Crippen molar-refractivity contribution in [1.29, 1.82) is 0 Å². The summed E-state index contributed by atoms with van der Waals surface area (Å²) in [7, 11) is -4.29. The molecule has 0 spiro atoms. The van der Waals surface area contributed by atoms with E-state index in [9.17, 15) is 17.6 Å². The summed E-state index contributed by atoms with van der Waals surface area (Å²) < 4.78 is 57.9. The van der Waals surface area contributed by atoms with Crippen molar-refractivity contribution in [2.45, 2.75) is 4.90 Å². The van der Waals surface area contributed by atoms with Crippen molar-refractivity contribution in [2.75, 3.05) is 10.0 Å². The second-order valence-corrected chi connectivity index (χ2v) is 10.2. The number of primary amides is 1. The monoisotopic (exact) mass is 566 g/mol. The van der Waals surface area contributed by atoms with Gasteiger partial charge in [0.05, 0.1) is 21.9 Å². The first kappa shape index (κ1) is 25.9. The van der Waals surface area contributed by atoms with Gasteiger partial charge in [0.1, 0.15) is 28.2 Å². The Morgan fingerprint density at radius 3 is 2.38 bits per heavy atom. The summed E-state index contributed by atoms with van der Waals surface area (Å²) in [6, 6.07) is 17.2. The van der Waals surface area contributed by atoms with E-state index < -0.39 is 38.9 Å². The van der Waals surface area contributed by atoms with E-state index in [-0.39, 0.29) is 21.3 Å². The van der Waals surface area contributed by atoms with Crippen LogP contribution in [0.1, 0.15) is 10.4 Å². The van der Waals surface area contributed by atoms with Crippen LogP contribution < -0.4 is 15.8 Å². The van der Waals surface area contributed by atoms with Crippen molar-refractivity contribution >= 4 is 55.8 Å². The Morgan fingerprint density at radius 1 is 0.923 bits per heavy atom. The molecule has 3 aromatic carbocycles. The lowest BCUT2D eigenvalue weighted by Crippen LogP contribution is -2.15. The van der Waals surface area contributed by atoms with Crippen molar-refractivity contribution in [2.24, 2.45) is 5.73 Å². The predicted molar refractivity (Wildman–Crippen MR) is 143 cm³/mol. The lowest BCUT2D eigenvalue weighted by molar-refractivity contribution is 0.100. The molecule has 0 saturated carbocycles. The summed E-state index contributed by atoms with van der Waals surface area (Å²) in [4.78, 5) is 23.8. The quantitative estimate of drug-likeness (QED) is 0.244. The average molecular weight is 567 g/mol. The van der Waals surface area contributed by atoms with E-state index in [1.165, 1.54) is 24.5 Å². The molecule has 0 aliphatic carbocycles. The minimum absolute atomic E-state index is 0.0282. The van der Waals surface area contributed by atoms with Gasteiger partial charge in [-0.2, -0.15) is 0 Å². The smallest absolute Gasteiger partial charge is 0.263 e. The molecule has 0 aliphatic heterocycles. The van der Waals surface area contributed by atoms with Gasteiger partial charge < -0.3 is 11.1 Å². The molecule has 0 fully saturated rings. The van der Waals surface area contributed by atoms with E-state index in [1.54, 1.807) is 42.5 Å². The summed E-state index contributed by atoms with van der Waals surface area (Å²) in [6.07, 6.45) is 1.19. The fraction of sp³-hybridized carbons (Fsp3) is 0. The minimum Gasteiger partial charge on any atom is -0.366 e. The van der Waals surface area contributed by atoms with Crippen LogP contribution in [0.3, 0.4) is 0 Å². The lowest BCUT2D eigenvalue weighted by atomic mass is 10.1. The first-order chi connectivity index (χ1) is 18.6. The van der Waals surface area contributed by atoms with Crippen LogP contribution in [0.4, 0.5) is 26.0 Å². The zero-order valence-corrected chi connectivity index (χ0v) is 21.3. The van der Waals surface area contributed by atoms with Crippen LogP contribution in [0.15, 0.2) is 84.0 Å². The number of hydrogen-bond donors (Lipinski definition) is 3. The molecule has 2 aromatic heterocycles.